The molecule has 1 fully saturated rings. The van der Waals surface area contributed by atoms with Crippen molar-refractivity contribution in [3.63, 3.8) is 0 Å². The van der Waals surface area contributed by atoms with Gasteiger partial charge < -0.3 is 15.0 Å². The van der Waals surface area contributed by atoms with Gasteiger partial charge in [-0.3, -0.25) is 9.59 Å². The summed E-state index contributed by atoms with van der Waals surface area (Å²) in [5.74, 6) is -0.364. The molecule has 3 aromatic carbocycles. The van der Waals surface area contributed by atoms with E-state index in [1.165, 1.54) is 0 Å². The van der Waals surface area contributed by atoms with Crippen LogP contribution < -0.4 is 5.32 Å². The molecule has 2 bridgehead atoms. The minimum absolute atomic E-state index is 0.144. The third-order valence-corrected chi connectivity index (χ3v) is 6.82. The summed E-state index contributed by atoms with van der Waals surface area (Å²) in [4.78, 5) is 29.3. The molecule has 0 aliphatic carbocycles. The number of hydrogen-bond acceptors (Lipinski definition) is 3. The van der Waals surface area contributed by atoms with Crippen LogP contribution in [0.2, 0.25) is 0 Å². The van der Waals surface area contributed by atoms with Crippen molar-refractivity contribution in [3.8, 4) is 0 Å². The second kappa shape index (κ2) is 8.12. The highest BCUT2D eigenvalue weighted by Gasteiger charge is 2.66. The summed E-state index contributed by atoms with van der Waals surface area (Å²) in [6.45, 7) is 0.718. The van der Waals surface area contributed by atoms with Crippen molar-refractivity contribution in [2.24, 2.45) is 0 Å². The van der Waals surface area contributed by atoms with Gasteiger partial charge in [-0.2, -0.15) is 0 Å². The molecule has 168 valence electrons. The number of rotatable bonds is 6. The number of hydrogen-bond donors (Lipinski definition) is 1. The van der Waals surface area contributed by atoms with E-state index in [9.17, 15) is 9.59 Å². The quantitative estimate of drug-likeness (QED) is 0.583. The normalized spacial score (nSPS) is 24.6. The molecular weight excluding hydrogens is 424 g/mol. The summed E-state index contributed by atoms with van der Waals surface area (Å²) < 4.78 is 6.47. The number of amides is 2. The molecule has 0 aromatic heterocycles. The van der Waals surface area contributed by atoms with Crippen molar-refractivity contribution >= 4 is 17.4 Å². The van der Waals surface area contributed by atoms with Crippen molar-refractivity contribution in [2.75, 3.05) is 0 Å². The fourth-order valence-electron chi connectivity index (χ4n) is 5.32. The lowest BCUT2D eigenvalue weighted by Gasteiger charge is -2.31. The summed E-state index contributed by atoms with van der Waals surface area (Å²) in [6, 6.07) is 28.6. The smallest absolute Gasteiger partial charge is 0.254 e. The van der Waals surface area contributed by atoms with Crippen LogP contribution in [0.4, 0.5) is 0 Å². The highest BCUT2D eigenvalue weighted by molar-refractivity contribution is 6.13. The zero-order valence-corrected chi connectivity index (χ0v) is 18.6. The first-order valence-electron chi connectivity index (χ1n) is 11.5. The van der Waals surface area contributed by atoms with Crippen molar-refractivity contribution in [2.45, 2.75) is 30.8 Å². The fraction of sp³-hybridized carbons (Fsp3) is 0.172. The van der Waals surface area contributed by atoms with E-state index in [2.05, 4.69) is 5.32 Å². The van der Waals surface area contributed by atoms with Crippen molar-refractivity contribution in [1.82, 2.24) is 10.2 Å². The van der Waals surface area contributed by atoms with Crippen LogP contribution in [0.1, 0.15) is 16.7 Å². The predicted octanol–water partition coefficient (Wildman–Crippen LogP) is 3.88. The van der Waals surface area contributed by atoms with Crippen molar-refractivity contribution in [3.05, 3.63) is 125 Å². The minimum Gasteiger partial charge on any atom is -0.351 e. The third-order valence-electron chi connectivity index (χ3n) is 6.82. The molecule has 6 rings (SSSR count). The van der Waals surface area contributed by atoms with Crippen LogP contribution in [-0.4, -0.2) is 34.5 Å². The number of carbonyl (C=O) groups is 2. The van der Waals surface area contributed by atoms with E-state index in [-0.39, 0.29) is 17.9 Å². The molecule has 0 radical (unpaired) electrons. The van der Waals surface area contributed by atoms with E-state index >= 15 is 0 Å². The molecule has 34 heavy (non-hydrogen) atoms. The Hall–Kier alpha value is -3.96. The van der Waals surface area contributed by atoms with E-state index in [0.29, 0.717) is 18.7 Å². The largest absolute Gasteiger partial charge is 0.351 e. The topological polar surface area (TPSA) is 58.6 Å². The number of fused-ring (bicyclic) bond motifs is 1. The first-order chi connectivity index (χ1) is 16.7. The van der Waals surface area contributed by atoms with Crippen LogP contribution in [0.5, 0.6) is 0 Å². The van der Waals surface area contributed by atoms with Gasteiger partial charge in [0.1, 0.15) is 17.7 Å². The summed E-state index contributed by atoms with van der Waals surface area (Å²) in [7, 11) is 0. The SMILES string of the molecule is O=C(NCc1ccccc1)[C@H]1N(Cc2ccccc2)C(=O)C2=C(c3ccccc3)[C@@H]3C=C[C@@]21O3. The lowest BCUT2D eigenvalue weighted by atomic mass is 9.82. The number of likely N-dealkylation sites (tertiary alicyclic amines) is 1. The summed E-state index contributed by atoms with van der Waals surface area (Å²) >= 11 is 0. The molecule has 3 heterocycles. The Morgan fingerprint density at radius 1 is 0.882 bits per heavy atom. The number of nitrogens with zero attached hydrogens (tertiary/aromatic N) is 1. The average molecular weight is 449 g/mol. The van der Waals surface area contributed by atoms with Gasteiger partial charge in [0.05, 0.1) is 5.57 Å². The van der Waals surface area contributed by atoms with E-state index < -0.39 is 11.6 Å². The van der Waals surface area contributed by atoms with E-state index in [0.717, 1.165) is 22.3 Å². The monoisotopic (exact) mass is 448 g/mol. The van der Waals surface area contributed by atoms with Crippen molar-refractivity contribution in [1.29, 1.82) is 0 Å². The van der Waals surface area contributed by atoms with Crippen molar-refractivity contribution < 1.29 is 14.3 Å². The van der Waals surface area contributed by atoms with Gasteiger partial charge in [0.2, 0.25) is 5.91 Å². The lowest BCUT2D eigenvalue weighted by molar-refractivity contribution is -0.138. The molecule has 5 heteroatoms. The van der Waals surface area contributed by atoms with Gasteiger partial charge in [-0.05, 0) is 22.8 Å². The molecule has 3 aliphatic rings. The molecule has 1 N–H and O–H groups in total. The first-order valence-corrected chi connectivity index (χ1v) is 11.5. The summed E-state index contributed by atoms with van der Waals surface area (Å²) in [5, 5.41) is 3.05. The Labute approximate surface area is 198 Å². The fourth-order valence-corrected chi connectivity index (χ4v) is 5.32. The maximum absolute atomic E-state index is 13.9. The van der Waals surface area contributed by atoms with E-state index in [1.54, 1.807) is 4.90 Å². The van der Waals surface area contributed by atoms with Gasteiger partial charge in [-0.1, -0.05) is 97.1 Å². The lowest BCUT2D eigenvalue weighted by Crippen LogP contribution is -2.53. The van der Waals surface area contributed by atoms with Gasteiger partial charge in [0.25, 0.3) is 5.91 Å². The highest BCUT2D eigenvalue weighted by Crippen LogP contribution is 2.54. The second-order valence-corrected chi connectivity index (χ2v) is 8.87. The van der Waals surface area contributed by atoms with E-state index in [1.807, 2.05) is 103 Å². The second-order valence-electron chi connectivity index (χ2n) is 8.87. The Morgan fingerprint density at radius 3 is 2.18 bits per heavy atom. The third kappa shape index (κ3) is 3.20. The van der Waals surface area contributed by atoms with Crippen LogP contribution in [-0.2, 0) is 27.4 Å². The molecular formula is C29H24N2O3. The molecule has 1 spiro atoms. The zero-order valence-electron chi connectivity index (χ0n) is 18.6. The van der Waals surface area contributed by atoms with Crippen LogP contribution in [0, 0.1) is 0 Å². The van der Waals surface area contributed by atoms with Crippen LogP contribution in [0.25, 0.3) is 5.57 Å². The Kier molecular flexibility index (Phi) is 4.93. The maximum atomic E-state index is 13.9. The Balaban J connectivity index is 1.41. The molecule has 3 aliphatic heterocycles. The minimum atomic E-state index is -1.08. The first kappa shape index (κ1) is 20.6. The number of benzene rings is 3. The van der Waals surface area contributed by atoms with Gasteiger partial charge in [0, 0.05) is 18.7 Å². The highest BCUT2D eigenvalue weighted by atomic mass is 16.5. The van der Waals surface area contributed by atoms with Gasteiger partial charge >= 0.3 is 0 Å². The standard InChI is InChI=1S/C29H24N2O3/c32-27(30-18-20-10-4-1-5-11-20)26-29-17-16-23(34-29)24(22-14-8-3-9-15-22)25(29)28(33)31(26)19-21-12-6-2-7-13-21/h1-17,23,26H,18-19H2,(H,30,32)/t23-,26+,29+/m0/s1. The Morgan fingerprint density at radius 2 is 1.50 bits per heavy atom. The zero-order chi connectivity index (χ0) is 23.1. The number of ether oxygens (including phenoxy) is 1. The summed E-state index contributed by atoms with van der Waals surface area (Å²) in [5.41, 5.74) is 3.29. The predicted molar refractivity (Wildman–Crippen MR) is 129 cm³/mol. The van der Waals surface area contributed by atoms with Crippen LogP contribution in [0.15, 0.2) is 109 Å². The molecule has 0 saturated carbocycles. The van der Waals surface area contributed by atoms with Crippen LogP contribution >= 0.6 is 0 Å². The molecule has 3 atom stereocenters. The molecule has 5 nitrogen and oxygen atoms in total. The average Bonchev–Trinajstić information content (AvgIpc) is 3.52. The van der Waals surface area contributed by atoms with Gasteiger partial charge in [-0.25, -0.2) is 0 Å². The van der Waals surface area contributed by atoms with Gasteiger partial charge in [0.15, 0.2) is 0 Å². The Bertz CT molecular complexity index is 1300. The van der Waals surface area contributed by atoms with Crippen LogP contribution in [0.3, 0.4) is 0 Å². The van der Waals surface area contributed by atoms with E-state index in [4.69, 9.17) is 4.74 Å². The molecule has 2 amide bonds. The number of nitrogens with one attached hydrogen (secondary N) is 1. The summed E-state index contributed by atoms with van der Waals surface area (Å²) in [6.07, 6.45) is 3.56. The maximum Gasteiger partial charge on any atom is 0.254 e. The number of carbonyl (C=O) groups excluding carboxylic acids is 2. The molecule has 1 saturated heterocycles. The van der Waals surface area contributed by atoms with Gasteiger partial charge in [-0.15, -0.1) is 0 Å². The molecule has 0 unspecified atom stereocenters. The molecule has 3 aromatic rings.